The molecule has 3 rings (SSSR count). The minimum absolute atomic E-state index is 0.0184. The maximum atomic E-state index is 12.5. The topological polar surface area (TPSA) is 60.4 Å². The Morgan fingerprint density at radius 3 is 2.45 bits per heavy atom. The number of benzene rings is 1. The monoisotopic (exact) mass is 416 g/mol. The number of fused-ring (bicyclic) bond motifs is 2. The van der Waals surface area contributed by atoms with Crippen molar-refractivity contribution in [2.24, 2.45) is 16.7 Å². The van der Waals surface area contributed by atoms with Crippen LogP contribution in [0.25, 0.3) is 0 Å². The van der Waals surface area contributed by atoms with Gasteiger partial charge in [0.05, 0.1) is 9.13 Å². The molecule has 0 heterocycles. The predicted octanol–water partition coefficient (Wildman–Crippen LogP) is 4.43. The van der Waals surface area contributed by atoms with Crippen LogP contribution in [-0.4, -0.2) is 12.1 Å². The second-order valence-electron chi connectivity index (χ2n) is 7.20. The Morgan fingerprint density at radius 1 is 1.23 bits per heavy atom. The van der Waals surface area contributed by atoms with Crippen LogP contribution in [0.15, 0.2) is 24.3 Å². The zero-order valence-electron chi connectivity index (χ0n) is 13.1. The zero-order valence-corrected chi connectivity index (χ0v) is 15.3. The number of halogens is 1. The molecule has 0 amide bonds. The number of esters is 1. The molecule has 0 N–H and O–H groups in total. The van der Waals surface area contributed by atoms with Crippen molar-refractivity contribution in [1.29, 1.82) is 0 Å². The number of ether oxygens (including phenoxy) is 1. The summed E-state index contributed by atoms with van der Waals surface area (Å²) in [7, 11) is 0. The van der Waals surface area contributed by atoms with Crippen LogP contribution in [0, 0.1) is 20.3 Å². The van der Waals surface area contributed by atoms with E-state index in [4.69, 9.17) is 4.74 Å². The van der Waals surface area contributed by atoms with Gasteiger partial charge < -0.3 is 4.74 Å². The van der Waals surface area contributed by atoms with Crippen LogP contribution >= 0.6 is 19.8 Å². The molecule has 120 valence electrons. The van der Waals surface area contributed by atoms with Crippen molar-refractivity contribution in [1.82, 2.24) is 0 Å². The molecule has 2 bridgehead atoms. The maximum absolute atomic E-state index is 12.5. The van der Waals surface area contributed by atoms with Crippen LogP contribution < -0.4 is 0 Å². The molecule has 0 aromatic heterocycles. The van der Waals surface area contributed by atoms with Crippen molar-refractivity contribution in [2.45, 2.75) is 46.1 Å². The third-order valence-electron chi connectivity index (χ3n) is 6.22. The van der Waals surface area contributed by atoms with Crippen LogP contribution in [0.3, 0.4) is 0 Å². The van der Waals surface area contributed by atoms with Gasteiger partial charge in [-0.15, -0.1) is 0 Å². The third kappa shape index (κ3) is 2.20. The van der Waals surface area contributed by atoms with Crippen molar-refractivity contribution in [3.05, 3.63) is 33.4 Å². The van der Waals surface area contributed by atoms with Gasteiger partial charge in [0.15, 0.2) is 0 Å². The van der Waals surface area contributed by atoms with Crippen LogP contribution in [0.2, 0.25) is 0 Å². The summed E-state index contributed by atoms with van der Waals surface area (Å²) in [6.45, 7) is 6.71. The van der Waals surface area contributed by atoms with Gasteiger partial charge in [-0.25, -0.2) is 10.9 Å². The molecular formula is C17H21IO4. The Bertz CT molecular complexity index is 684. The quantitative estimate of drug-likeness (QED) is 0.541. The average molecular weight is 416 g/mol. The van der Waals surface area contributed by atoms with Gasteiger partial charge in [0.1, 0.15) is 6.10 Å². The smallest absolute Gasteiger partial charge is 0.341 e. The first-order valence-corrected chi connectivity index (χ1v) is 10.5. The van der Waals surface area contributed by atoms with Crippen LogP contribution in [0.5, 0.6) is 0 Å². The molecule has 1 aromatic carbocycles. The predicted molar refractivity (Wildman–Crippen MR) is 89.0 cm³/mol. The lowest BCUT2D eigenvalue weighted by molar-refractivity contribution is -0.0243. The van der Waals surface area contributed by atoms with E-state index in [-0.39, 0.29) is 26.1 Å². The molecular weight excluding hydrogens is 395 g/mol. The van der Waals surface area contributed by atoms with Gasteiger partial charge in [0.2, 0.25) is 0 Å². The van der Waals surface area contributed by atoms with Gasteiger partial charge in [0, 0.05) is 5.41 Å². The van der Waals surface area contributed by atoms with Gasteiger partial charge in [-0.3, -0.25) is 0 Å². The lowest BCUT2D eigenvalue weighted by Crippen LogP contribution is -2.38. The summed E-state index contributed by atoms with van der Waals surface area (Å²) in [5, 5.41) is 0. The second kappa shape index (κ2) is 5.28. The SMILES string of the molecule is CC1(C)[C@H]2CC[C@]1(C)[C@H](OC(=O)c1ccccc1I(=O)=O)C2. The standard InChI is InChI=1S/C17H21IO4/c1-16(2)11-8-9-17(16,3)14(10-11)22-15(19)12-6-4-5-7-13(12)18(20)21/h4-7,11,14H,8-10H2,1-3H3/t11-,14+,17+/m0/s1. The Balaban J connectivity index is 1.85. The summed E-state index contributed by atoms with van der Waals surface area (Å²) >= 11 is -3.70. The first kappa shape index (κ1) is 15.9. The summed E-state index contributed by atoms with van der Waals surface area (Å²) in [5.41, 5.74) is 0.324. The number of hydrogen-bond acceptors (Lipinski definition) is 4. The summed E-state index contributed by atoms with van der Waals surface area (Å²) in [6.07, 6.45) is 3.01. The average Bonchev–Trinajstić information content (AvgIpc) is 2.80. The minimum Gasteiger partial charge on any atom is -0.458 e. The highest BCUT2D eigenvalue weighted by atomic mass is 127. The van der Waals surface area contributed by atoms with E-state index in [9.17, 15) is 10.9 Å². The molecule has 0 aliphatic heterocycles. The highest BCUT2D eigenvalue weighted by Gasteiger charge is 2.62. The molecule has 3 atom stereocenters. The summed E-state index contributed by atoms with van der Waals surface area (Å²) in [6, 6.07) is 6.33. The van der Waals surface area contributed by atoms with Gasteiger partial charge in [-0.05, 0) is 42.7 Å². The molecule has 2 aliphatic carbocycles. The minimum atomic E-state index is -3.70. The Kier molecular flexibility index (Phi) is 3.82. The summed E-state index contributed by atoms with van der Waals surface area (Å²) in [5.74, 6) is 0.0760. The van der Waals surface area contributed by atoms with E-state index in [0.717, 1.165) is 12.8 Å². The highest BCUT2D eigenvalue weighted by molar-refractivity contribution is 14.2. The van der Waals surface area contributed by atoms with Crippen molar-refractivity contribution in [3.8, 4) is 0 Å². The van der Waals surface area contributed by atoms with Gasteiger partial charge in [-0.1, -0.05) is 32.9 Å². The molecule has 2 saturated carbocycles. The van der Waals surface area contributed by atoms with Gasteiger partial charge in [0.25, 0.3) is 0 Å². The first-order chi connectivity index (χ1) is 10.3. The van der Waals surface area contributed by atoms with Crippen LogP contribution in [-0.2, 0) is 10.9 Å². The summed E-state index contributed by atoms with van der Waals surface area (Å²) in [4.78, 5) is 12.5. The van der Waals surface area contributed by atoms with Crippen LogP contribution in [0.1, 0.15) is 50.4 Å². The van der Waals surface area contributed by atoms with Crippen molar-refractivity contribution < 1.29 is 15.7 Å². The fourth-order valence-corrected chi connectivity index (χ4v) is 5.64. The highest BCUT2D eigenvalue weighted by Crippen LogP contribution is 2.66. The Morgan fingerprint density at radius 2 is 1.91 bits per heavy atom. The Labute approximate surface area is 137 Å². The molecule has 0 spiro atoms. The van der Waals surface area contributed by atoms with Gasteiger partial charge in [-0.2, -0.15) is 0 Å². The molecule has 4 nitrogen and oxygen atoms in total. The molecule has 0 unspecified atom stereocenters. The lowest BCUT2D eigenvalue weighted by Gasteiger charge is -2.38. The largest absolute Gasteiger partial charge is 0.458 e. The Hall–Kier alpha value is -0.980. The van der Waals surface area contributed by atoms with E-state index in [1.54, 1.807) is 18.2 Å². The third-order valence-corrected chi connectivity index (χ3v) is 8.11. The summed E-state index contributed by atoms with van der Waals surface area (Å²) < 4.78 is 28.7. The zero-order chi connectivity index (χ0) is 16.1. The van der Waals surface area contributed by atoms with Gasteiger partial charge >= 0.3 is 25.8 Å². The fourth-order valence-electron chi connectivity index (χ4n) is 4.26. The van der Waals surface area contributed by atoms with Crippen molar-refractivity contribution >= 4 is 25.8 Å². The molecule has 2 fully saturated rings. The van der Waals surface area contributed by atoms with E-state index >= 15 is 0 Å². The number of hydrogen-bond donors (Lipinski definition) is 0. The number of carbonyl (C=O) groups excluding carboxylic acids is 1. The van der Waals surface area contributed by atoms with E-state index in [0.29, 0.717) is 5.92 Å². The first-order valence-electron chi connectivity index (χ1n) is 7.62. The fraction of sp³-hybridized carbons (Fsp3) is 0.588. The molecule has 0 saturated heterocycles. The van der Waals surface area contributed by atoms with E-state index in [2.05, 4.69) is 20.8 Å². The molecule has 22 heavy (non-hydrogen) atoms. The van der Waals surface area contributed by atoms with E-state index < -0.39 is 25.8 Å². The molecule has 2 aliphatic rings. The lowest BCUT2D eigenvalue weighted by atomic mass is 9.70. The van der Waals surface area contributed by atoms with Crippen molar-refractivity contribution in [3.63, 3.8) is 0 Å². The molecule has 0 radical (unpaired) electrons. The number of rotatable bonds is 3. The van der Waals surface area contributed by atoms with Crippen molar-refractivity contribution in [2.75, 3.05) is 0 Å². The number of carbonyl (C=O) groups is 1. The van der Waals surface area contributed by atoms with E-state index in [1.807, 2.05) is 0 Å². The normalized spacial score (nSPS) is 32.4. The molecule has 1 aromatic rings. The maximum Gasteiger partial charge on any atom is 0.341 e. The molecule has 5 heteroatoms. The van der Waals surface area contributed by atoms with E-state index in [1.165, 1.54) is 12.5 Å². The second-order valence-corrected chi connectivity index (χ2v) is 9.60. The van der Waals surface area contributed by atoms with Crippen LogP contribution in [0.4, 0.5) is 0 Å².